The molecule has 2 aliphatic heterocycles. The molecule has 0 bridgehead atoms. The Morgan fingerprint density at radius 2 is 1.25 bits per heavy atom. The Balaban J connectivity index is 1.93. The van der Waals surface area contributed by atoms with Crippen LogP contribution in [-0.4, -0.2) is 78.5 Å². The number of carbonyl (C=O) groups excluding carboxylic acids is 3. The first-order chi connectivity index (χ1) is 11.4. The molecule has 2 heterocycles. The van der Waals surface area contributed by atoms with Gasteiger partial charge in [0.25, 0.3) is 0 Å². The van der Waals surface area contributed by atoms with Gasteiger partial charge >= 0.3 is 6.09 Å². The number of hydrogen-bond donors (Lipinski definition) is 0. The van der Waals surface area contributed by atoms with E-state index in [-0.39, 0.29) is 17.9 Å². The predicted octanol–water partition coefficient (Wildman–Crippen LogP) is 1.33. The number of nitrogens with zero attached hydrogens (tertiary/aromatic N) is 3. The zero-order valence-corrected chi connectivity index (χ0v) is 15.0. The van der Waals surface area contributed by atoms with Crippen LogP contribution in [0.4, 0.5) is 4.79 Å². The van der Waals surface area contributed by atoms with Crippen molar-refractivity contribution in [1.82, 2.24) is 14.7 Å². The molecule has 2 rings (SSSR count). The second kappa shape index (κ2) is 7.85. The summed E-state index contributed by atoms with van der Waals surface area (Å²) < 4.78 is 4.98. The predicted molar refractivity (Wildman–Crippen MR) is 89.4 cm³/mol. The van der Waals surface area contributed by atoms with Gasteiger partial charge in [0.05, 0.1) is 6.61 Å². The molecule has 2 aliphatic rings. The largest absolute Gasteiger partial charge is 0.450 e. The minimum Gasteiger partial charge on any atom is -0.450 e. The SMILES string of the molecule is CCOC(=O)N1CCN(C(=O)C(C)(C)C(=O)N2CCCCC2)CC1. The average Bonchev–Trinajstić information content (AvgIpc) is 2.61. The number of amides is 3. The first-order valence-corrected chi connectivity index (χ1v) is 8.88. The van der Waals surface area contributed by atoms with Crippen molar-refractivity contribution in [2.45, 2.75) is 40.0 Å². The molecule has 0 atom stereocenters. The molecule has 0 spiro atoms. The molecule has 7 heteroatoms. The Bertz CT molecular complexity index is 478. The summed E-state index contributed by atoms with van der Waals surface area (Å²) in [5.74, 6) is -0.235. The van der Waals surface area contributed by atoms with Crippen molar-refractivity contribution in [1.29, 1.82) is 0 Å². The second-order valence-electron chi connectivity index (χ2n) is 6.96. The maximum Gasteiger partial charge on any atom is 0.409 e. The van der Waals surface area contributed by atoms with Gasteiger partial charge in [0.1, 0.15) is 5.41 Å². The van der Waals surface area contributed by atoms with Crippen molar-refractivity contribution in [2.24, 2.45) is 5.41 Å². The van der Waals surface area contributed by atoms with Gasteiger partial charge in [0.2, 0.25) is 11.8 Å². The summed E-state index contributed by atoms with van der Waals surface area (Å²) in [5, 5.41) is 0. The second-order valence-corrected chi connectivity index (χ2v) is 6.96. The molecule has 24 heavy (non-hydrogen) atoms. The standard InChI is InChI=1S/C17H29N3O4/c1-4-24-16(23)20-12-10-19(11-13-20)15(22)17(2,3)14(21)18-8-6-5-7-9-18/h4-13H2,1-3H3. The molecule has 0 aromatic heterocycles. The Hall–Kier alpha value is -1.79. The van der Waals surface area contributed by atoms with Crippen molar-refractivity contribution < 1.29 is 19.1 Å². The molecule has 136 valence electrons. The van der Waals surface area contributed by atoms with E-state index < -0.39 is 5.41 Å². The van der Waals surface area contributed by atoms with Gasteiger partial charge in [0.15, 0.2) is 0 Å². The van der Waals surface area contributed by atoms with E-state index in [1.54, 1.807) is 30.6 Å². The van der Waals surface area contributed by atoms with E-state index >= 15 is 0 Å². The van der Waals surface area contributed by atoms with Crippen LogP contribution in [0.2, 0.25) is 0 Å². The lowest BCUT2D eigenvalue weighted by atomic mass is 9.88. The summed E-state index contributed by atoms with van der Waals surface area (Å²) in [6.45, 7) is 8.79. The molecular formula is C17H29N3O4. The van der Waals surface area contributed by atoms with Crippen LogP contribution in [0.25, 0.3) is 0 Å². The molecule has 0 aromatic carbocycles. The number of piperidine rings is 1. The van der Waals surface area contributed by atoms with Crippen LogP contribution >= 0.6 is 0 Å². The Morgan fingerprint density at radius 1 is 0.792 bits per heavy atom. The van der Waals surface area contributed by atoms with Crippen LogP contribution in [0.15, 0.2) is 0 Å². The zero-order valence-electron chi connectivity index (χ0n) is 15.0. The van der Waals surface area contributed by atoms with E-state index in [1.807, 2.05) is 4.90 Å². The van der Waals surface area contributed by atoms with Crippen LogP contribution in [-0.2, 0) is 14.3 Å². The fraction of sp³-hybridized carbons (Fsp3) is 0.824. The highest BCUT2D eigenvalue weighted by atomic mass is 16.6. The summed E-state index contributed by atoms with van der Waals surface area (Å²) >= 11 is 0. The van der Waals surface area contributed by atoms with Gasteiger partial charge in [-0.15, -0.1) is 0 Å². The topological polar surface area (TPSA) is 70.2 Å². The van der Waals surface area contributed by atoms with Gasteiger partial charge in [-0.05, 0) is 40.0 Å². The highest BCUT2D eigenvalue weighted by Gasteiger charge is 2.42. The molecule has 7 nitrogen and oxygen atoms in total. The van der Waals surface area contributed by atoms with Gasteiger partial charge < -0.3 is 19.4 Å². The van der Waals surface area contributed by atoms with Crippen LogP contribution in [0.1, 0.15) is 40.0 Å². The lowest BCUT2D eigenvalue weighted by Gasteiger charge is -2.39. The van der Waals surface area contributed by atoms with Crippen LogP contribution in [0, 0.1) is 5.41 Å². The maximum absolute atomic E-state index is 12.8. The molecule has 0 unspecified atom stereocenters. The van der Waals surface area contributed by atoms with Gasteiger partial charge in [-0.25, -0.2) is 4.79 Å². The van der Waals surface area contributed by atoms with E-state index in [0.717, 1.165) is 32.4 Å². The van der Waals surface area contributed by atoms with E-state index in [4.69, 9.17) is 4.74 Å². The van der Waals surface area contributed by atoms with E-state index in [1.165, 1.54) is 0 Å². The maximum atomic E-state index is 12.8. The number of likely N-dealkylation sites (tertiary alicyclic amines) is 1. The number of ether oxygens (including phenoxy) is 1. The fourth-order valence-electron chi connectivity index (χ4n) is 3.29. The van der Waals surface area contributed by atoms with Crippen molar-refractivity contribution in [3.8, 4) is 0 Å². The third-order valence-corrected chi connectivity index (χ3v) is 4.81. The molecule has 0 radical (unpaired) electrons. The van der Waals surface area contributed by atoms with Crippen molar-refractivity contribution in [2.75, 3.05) is 45.9 Å². The summed E-state index contributed by atoms with van der Waals surface area (Å²) in [7, 11) is 0. The molecule has 0 saturated carbocycles. The molecule has 0 aromatic rings. The molecule has 0 N–H and O–H groups in total. The van der Waals surface area contributed by atoms with Crippen molar-refractivity contribution in [3.63, 3.8) is 0 Å². The summed E-state index contributed by atoms with van der Waals surface area (Å²) in [4.78, 5) is 42.4. The molecular weight excluding hydrogens is 310 g/mol. The van der Waals surface area contributed by atoms with Gasteiger partial charge in [0, 0.05) is 39.3 Å². The normalized spacial score (nSPS) is 19.2. The first kappa shape index (κ1) is 18.5. The third kappa shape index (κ3) is 3.99. The lowest BCUT2D eigenvalue weighted by Crippen LogP contribution is -2.57. The third-order valence-electron chi connectivity index (χ3n) is 4.81. The van der Waals surface area contributed by atoms with Gasteiger partial charge in [-0.2, -0.15) is 0 Å². The monoisotopic (exact) mass is 339 g/mol. The smallest absolute Gasteiger partial charge is 0.409 e. The Morgan fingerprint density at radius 3 is 1.75 bits per heavy atom. The van der Waals surface area contributed by atoms with Crippen LogP contribution in [0.5, 0.6) is 0 Å². The molecule has 0 aliphatic carbocycles. The number of hydrogen-bond acceptors (Lipinski definition) is 4. The molecule has 3 amide bonds. The minimum absolute atomic E-state index is 0.0833. The van der Waals surface area contributed by atoms with Crippen LogP contribution in [0.3, 0.4) is 0 Å². The highest BCUT2D eigenvalue weighted by Crippen LogP contribution is 2.25. The molecule has 2 saturated heterocycles. The number of carbonyl (C=O) groups is 3. The first-order valence-electron chi connectivity index (χ1n) is 8.88. The van der Waals surface area contributed by atoms with Crippen LogP contribution < -0.4 is 0 Å². The lowest BCUT2D eigenvalue weighted by molar-refractivity contribution is -0.155. The number of piperazine rings is 1. The van der Waals surface area contributed by atoms with Gasteiger partial charge in [-0.1, -0.05) is 0 Å². The molecule has 2 fully saturated rings. The van der Waals surface area contributed by atoms with Crippen molar-refractivity contribution in [3.05, 3.63) is 0 Å². The van der Waals surface area contributed by atoms with Crippen molar-refractivity contribution >= 4 is 17.9 Å². The summed E-state index contributed by atoms with van der Waals surface area (Å²) in [6.07, 6.45) is 2.82. The zero-order chi connectivity index (χ0) is 17.7. The van der Waals surface area contributed by atoms with Gasteiger partial charge in [-0.3, -0.25) is 9.59 Å². The van der Waals surface area contributed by atoms with E-state index in [9.17, 15) is 14.4 Å². The average molecular weight is 339 g/mol. The van der Waals surface area contributed by atoms with E-state index in [0.29, 0.717) is 32.8 Å². The highest BCUT2D eigenvalue weighted by molar-refractivity contribution is 6.04. The number of rotatable bonds is 3. The minimum atomic E-state index is -1.05. The fourth-order valence-corrected chi connectivity index (χ4v) is 3.29. The summed E-state index contributed by atoms with van der Waals surface area (Å²) in [6, 6.07) is 0. The van der Waals surface area contributed by atoms with E-state index in [2.05, 4.69) is 0 Å². The quantitative estimate of drug-likeness (QED) is 0.727. The Kier molecular flexibility index (Phi) is 6.07. The summed E-state index contributed by atoms with van der Waals surface area (Å²) in [5.41, 5.74) is -1.05. The Labute approximate surface area is 143 Å².